The molecular formula is C27H40N2O5S. The number of unbranched alkanes of at least 4 members (excludes halogenated alkanes) is 4. The van der Waals surface area contributed by atoms with Gasteiger partial charge in [-0.25, -0.2) is 0 Å². The van der Waals surface area contributed by atoms with E-state index >= 15 is 0 Å². The third kappa shape index (κ3) is 5.19. The molecule has 4 aliphatic rings. The maximum Gasteiger partial charge on any atom is 0.311 e. The summed E-state index contributed by atoms with van der Waals surface area (Å²) >= 11 is 1.61. The Labute approximate surface area is 213 Å². The largest absolute Gasteiger partial charge is 0.465 e. The Morgan fingerprint density at radius 3 is 2.69 bits per heavy atom. The molecule has 0 radical (unpaired) electrons. The summed E-state index contributed by atoms with van der Waals surface area (Å²) in [4.78, 5) is 45.0. The zero-order valence-corrected chi connectivity index (χ0v) is 21.7. The van der Waals surface area contributed by atoms with Crippen LogP contribution in [-0.4, -0.2) is 81.6 Å². The number of cyclic esters (lactones) is 1. The molecule has 0 saturated carbocycles. The van der Waals surface area contributed by atoms with Crippen molar-refractivity contribution < 1.29 is 24.2 Å². The van der Waals surface area contributed by atoms with E-state index in [4.69, 9.17) is 4.74 Å². The van der Waals surface area contributed by atoms with Crippen molar-refractivity contribution >= 4 is 29.5 Å². The molecule has 4 heterocycles. The minimum absolute atomic E-state index is 0.00215. The van der Waals surface area contributed by atoms with Gasteiger partial charge in [-0.2, -0.15) is 0 Å². The SMILES string of the molecule is CCCCCN1CC=C[C@]23S[C@H]4/C=C\CCCCOC(=O)[C@H]4[C@H]2C(=O)N(CCCCCO)C3C1=O. The summed E-state index contributed by atoms with van der Waals surface area (Å²) in [5, 5.41) is 9.00. The molecule has 35 heavy (non-hydrogen) atoms. The highest BCUT2D eigenvalue weighted by atomic mass is 32.2. The van der Waals surface area contributed by atoms with Gasteiger partial charge < -0.3 is 19.6 Å². The number of fused-ring (bicyclic) bond motifs is 2. The van der Waals surface area contributed by atoms with Crippen molar-refractivity contribution in [3.05, 3.63) is 24.3 Å². The molecule has 1 spiro atoms. The lowest BCUT2D eigenvalue weighted by Gasteiger charge is -2.35. The zero-order valence-electron chi connectivity index (χ0n) is 20.9. The van der Waals surface area contributed by atoms with E-state index in [0.717, 1.165) is 51.4 Å². The van der Waals surface area contributed by atoms with Crippen LogP contribution in [0, 0.1) is 11.8 Å². The number of rotatable bonds is 9. The number of ether oxygens (including phenoxy) is 1. The molecule has 7 nitrogen and oxygen atoms in total. The minimum atomic E-state index is -0.766. The first-order valence-corrected chi connectivity index (χ1v) is 14.3. The van der Waals surface area contributed by atoms with Crippen LogP contribution in [0.3, 0.4) is 0 Å². The number of carbonyl (C=O) groups excluding carboxylic acids is 3. The molecule has 4 aliphatic heterocycles. The molecular weight excluding hydrogens is 464 g/mol. The molecule has 1 N–H and O–H groups in total. The highest BCUT2D eigenvalue weighted by Gasteiger charge is 2.70. The third-order valence-electron chi connectivity index (χ3n) is 7.77. The number of esters is 1. The zero-order chi connectivity index (χ0) is 24.8. The number of thioether (sulfide) groups is 1. The Hall–Kier alpha value is -1.80. The van der Waals surface area contributed by atoms with E-state index in [-0.39, 0.29) is 29.6 Å². The van der Waals surface area contributed by atoms with Gasteiger partial charge in [0.1, 0.15) is 6.04 Å². The predicted octanol–water partition coefficient (Wildman–Crippen LogP) is 3.32. The van der Waals surface area contributed by atoms with Crippen LogP contribution in [0.2, 0.25) is 0 Å². The highest BCUT2D eigenvalue weighted by Crippen LogP contribution is 2.60. The van der Waals surface area contributed by atoms with Gasteiger partial charge in [0.25, 0.3) is 0 Å². The molecule has 2 fully saturated rings. The van der Waals surface area contributed by atoms with Gasteiger partial charge in [0.15, 0.2) is 0 Å². The van der Waals surface area contributed by atoms with Crippen molar-refractivity contribution in [1.82, 2.24) is 9.80 Å². The average Bonchev–Trinajstić information content (AvgIpc) is 3.23. The quantitative estimate of drug-likeness (QED) is 0.295. The van der Waals surface area contributed by atoms with Gasteiger partial charge in [0.05, 0.1) is 23.2 Å². The normalized spacial score (nSPS) is 33.7. The van der Waals surface area contributed by atoms with Gasteiger partial charge >= 0.3 is 5.97 Å². The fourth-order valence-electron chi connectivity index (χ4n) is 6.03. The van der Waals surface area contributed by atoms with E-state index in [1.807, 2.05) is 11.0 Å². The van der Waals surface area contributed by atoms with Gasteiger partial charge in [0.2, 0.25) is 11.8 Å². The van der Waals surface area contributed by atoms with E-state index in [2.05, 4.69) is 25.2 Å². The standard InChI is InChI=1S/C27H40N2O5S/c1-2-3-8-15-28-16-12-14-27-22(21-20(35-27)13-7-4-5-11-19-34-26(21)33)24(31)29(23(27)25(28)32)17-9-6-10-18-30/h7,12-14,20-23,30H,2-6,8-11,15-19H2,1H3/b13-7-/t20-,21+,22-,23?,27-/m0/s1. The summed E-state index contributed by atoms with van der Waals surface area (Å²) in [7, 11) is 0. The van der Waals surface area contributed by atoms with Crippen molar-refractivity contribution in [3.63, 3.8) is 0 Å². The summed E-state index contributed by atoms with van der Waals surface area (Å²) in [6, 6.07) is -0.613. The number of hydrogen-bond donors (Lipinski definition) is 1. The fourth-order valence-corrected chi connectivity index (χ4v) is 8.03. The van der Waals surface area contributed by atoms with E-state index in [1.165, 1.54) is 0 Å². The lowest BCUT2D eigenvalue weighted by Crippen LogP contribution is -2.53. The first kappa shape index (κ1) is 26.3. The van der Waals surface area contributed by atoms with Crippen molar-refractivity contribution in [2.75, 3.05) is 32.8 Å². The maximum atomic E-state index is 14.0. The second kappa shape index (κ2) is 12.0. The molecule has 5 atom stereocenters. The van der Waals surface area contributed by atoms with Crippen LogP contribution in [-0.2, 0) is 19.1 Å². The highest BCUT2D eigenvalue weighted by molar-refractivity contribution is 8.02. The third-order valence-corrected chi connectivity index (χ3v) is 9.52. The number of likely N-dealkylation sites (tertiary alicyclic amines) is 1. The first-order valence-electron chi connectivity index (χ1n) is 13.4. The Morgan fingerprint density at radius 1 is 1.06 bits per heavy atom. The number of aliphatic hydroxyl groups excluding tert-OH is 1. The minimum Gasteiger partial charge on any atom is -0.465 e. The smallest absolute Gasteiger partial charge is 0.311 e. The molecule has 2 amide bonds. The summed E-state index contributed by atoms with van der Waals surface area (Å²) < 4.78 is 4.89. The van der Waals surface area contributed by atoms with Crippen LogP contribution in [0.1, 0.15) is 64.7 Å². The number of carbonyl (C=O) groups is 3. The van der Waals surface area contributed by atoms with Gasteiger partial charge in [-0.3, -0.25) is 14.4 Å². The second-order valence-corrected chi connectivity index (χ2v) is 11.6. The molecule has 2 saturated heterocycles. The molecule has 0 aromatic heterocycles. The molecule has 4 rings (SSSR count). The van der Waals surface area contributed by atoms with Crippen LogP contribution < -0.4 is 0 Å². The fraction of sp³-hybridized carbons (Fsp3) is 0.741. The number of aliphatic hydroxyl groups is 1. The van der Waals surface area contributed by atoms with Crippen LogP contribution in [0.5, 0.6) is 0 Å². The number of nitrogens with zero attached hydrogens (tertiary/aromatic N) is 2. The maximum absolute atomic E-state index is 14.0. The monoisotopic (exact) mass is 504 g/mol. The Morgan fingerprint density at radius 2 is 1.89 bits per heavy atom. The number of amides is 2. The molecule has 194 valence electrons. The van der Waals surface area contributed by atoms with E-state index < -0.39 is 22.6 Å². The molecule has 0 aromatic carbocycles. The first-order chi connectivity index (χ1) is 17.0. The van der Waals surface area contributed by atoms with E-state index in [0.29, 0.717) is 32.7 Å². The van der Waals surface area contributed by atoms with Gasteiger partial charge in [-0.15, -0.1) is 11.8 Å². The van der Waals surface area contributed by atoms with Crippen LogP contribution >= 0.6 is 11.8 Å². The molecule has 8 heteroatoms. The lowest BCUT2D eigenvalue weighted by molar-refractivity contribution is -0.153. The van der Waals surface area contributed by atoms with Crippen LogP contribution in [0.25, 0.3) is 0 Å². The average molecular weight is 505 g/mol. The van der Waals surface area contributed by atoms with Crippen molar-refractivity contribution in [3.8, 4) is 0 Å². The summed E-state index contributed by atoms with van der Waals surface area (Å²) in [6.07, 6.45) is 16.3. The van der Waals surface area contributed by atoms with Gasteiger partial charge in [-0.05, 0) is 44.9 Å². The summed E-state index contributed by atoms with van der Waals surface area (Å²) in [5.41, 5.74) is 0. The molecule has 0 aliphatic carbocycles. The topological polar surface area (TPSA) is 87.2 Å². The summed E-state index contributed by atoms with van der Waals surface area (Å²) in [6.45, 7) is 4.33. The van der Waals surface area contributed by atoms with Crippen LogP contribution in [0.15, 0.2) is 24.3 Å². The number of allylic oxidation sites excluding steroid dienone is 1. The van der Waals surface area contributed by atoms with Crippen molar-refractivity contribution in [2.45, 2.75) is 80.7 Å². The number of hydrogen-bond acceptors (Lipinski definition) is 6. The van der Waals surface area contributed by atoms with Gasteiger partial charge in [-0.1, -0.05) is 44.1 Å². The summed E-state index contributed by atoms with van der Waals surface area (Å²) in [5.74, 6) is -1.61. The molecule has 0 aromatic rings. The molecule has 0 bridgehead atoms. The van der Waals surface area contributed by atoms with E-state index in [1.54, 1.807) is 16.7 Å². The molecule has 1 unspecified atom stereocenters. The Kier molecular flexibility index (Phi) is 8.97. The van der Waals surface area contributed by atoms with Crippen molar-refractivity contribution in [1.29, 1.82) is 0 Å². The Balaban J connectivity index is 1.69. The van der Waals surface area contributed by atoms with E-state index in [9.17, 15) is 19.5 Å². The lowest BCUT2D eigenvalue weighted by atomic mass is 9.78. The second-order valence-electron chi connectivity index (χ2n) is 10.1. The Bertz CT molecular complexity index is 845. The van der Waals surface area contributed by atoms with Crippen LogP contribution in [0.4, 0.5) is 0 Å². The van der Waals surface area contributed by atoms with Crippen molar-refractivity contribution in [2.24, 2.45) is 11.8 Å². The van der Waals surface area contributed by atoms with Gasteiger partial charge in [0, 0.05) is 31.5 Å². The predicted molar refractivity (Wildman–Crippen MR) is 137 cm³/mol.